The van der Waals surface area contributed by atoms with Crippen LogP contribution in [-0.4, -0.2) is 24.1 Å². The summed E-state index contributed by atoms with van der Waals surface area (Å²) in [6.07, 6.45) is 4.88. The highest BCUT2D eigenvalue weighted by Gasteiger charge is 2.32. The van der Waals surface area contributed by atoms with Gasteiger partial charge in [0.1, 0.15) is 0 Å². The Morgan fingerprint density at radius 1 is 0.966 bits per heavy atom. The maximum atomic E-state index is 13.0. The van der Waals surface area contributed by atoms with E-state index in [4.69, 9.17) is 0 Å². The summed E-state index contributed by atoms with van der Waals surface area (Å²) in [5.41, 5.74) is 2.52. The molecule has 1 saturated carbocycles. The molecule has 0 radical (unpaired) electrons. The number of rotatable bonds is 4. The first-order valence-electron chi connectivity index (χ1n) is 10.6. The third-order valence-electron chi connectivity index (χ3n) is 5.78. The largest absolute Gasteiger partial charge is 0.416 e. The fraction of sp³-hybridized carbons (Fsp3) is 0.522. The standard InChI is InChI=1S/C21H24F3N3.C2H6/c22-21(23,24)16-4-6-17(7-5-16)27(18-8-11-25-12-9-18)20-14-26-13-10-19(20)15-2-1-3-15;1-2/h4-7,10,13-15,18,25H,1-3,8-9,11-12H2;1-2H3. The van der Waals surface area contributed by atoms with Gasteiger partial charge in [-0.15, -0.1) is 0 Å². The first-order chi connectivity index (χ1) is 14.0. The van der Waals surface area contributed by atoms with Gasteiger partial charge < -0.3 is 10.2 Å². The summed E-state index contributed by atoms with van der Waals surface area (Å²) in [5, 5.41) is 3.37. The van der Waals surface area contributed by atoms with Gasteiger partial charge in [0.05, 0.1) is 17.4 Å². The van der Waals surface area contributed by atoms with Crippen LogP contribution in [-0.2, 0) is 6.18 Å². The van der Waals surface area contributed by atoms with Crippen molar-refractivity contribution < 1.29 is 13.2 Å². The van der Waals surface area contributed by atoms with E-state index in [1.54, 1.807) is 12.1 Å². The van der Waals surface area contributed by atoms with Crippen LogP contribution in [0, 0.1) is 0 Å². The monoisotopic (exact) mass is 405 g/mol. The van der Waals surface area contributed by atoms with Gasteiger partial charge in [-0.1, -0.05) is 20.3 Å². The summed E-state index contributed by atoms with van der Waals surface area (Å²) in [4.78, 5) is 6.57. The average Bonchev–Trinajstić information content (AvgIpc) is 2.70. The van der Waals surface area contributed by atoms with Crippen LogP contribution in [0.2, 0.25) is 0 Å². The lowest BCUT2D eigenvalue weighted by Crippen LogP contribution is -2.41. The van der Waals surface area contributed by atoms with E-state index in [9.17, 15) is 13.2 Å². The van der Waals surface area contributed by atoms with Gasteiger partial charge in [-0.25, -0.2) is 0 Å². The molecule has 0 spiro atoms. The van der Waals surface area contributed by atoms with Gasteiger partial charge in [-0.2, -0.15) is 13.2 Å². The number of benzene rings is 1. The molecule has 6 heteroatoms. The van der Waals surface area contributed by atoms with E-state index in [0.29, 0.717) is 5.92 Å². The van der Waals surface area contributed by atoms with Gasteiger partial charge in [0.15, 0.2) is 0 Å². The second-order valence-electron chi connectivity index (χ2n) is 7.46. The predicted molar refractivity (Wildman–Crippen MR) is 112 cm³/mol. The highest BCUT2D eigenvalue weighted by atomic mass is 19.4. The molecule has 0 bridgehead atoms. The Kier molecular flexibility index (Phi) is 7.17. The maximum Gasteiger partial charge on any atom is 0.416 e. The van der Waals surface area contributed by atoms with Crippen LogP contribution in [0.5, 0.6) is 0 Å². The minimum absolute atomic E-state index is 0.256. The molecule has 2 heterocycles. The highest BCUT2D eigenvalue weighted by molar-refractivity contribution is 5.68. The van der Waals surface area contributed by atoms with Gasteiger partial charge >= 0.3 is 6.18 Å². The number of nitrogens with one attached hydrogen (secondary N) is 1. The van der Waals surface area contributed by atoms with Crippen LogP contribution >= 0.6 is 0 Å². The summed E-state index contributed by atoms with van der Waals surface area (Å²) in [6, 6.07) is 7.90. The summed E-state index contributed by atoms with van der Waals surface area (Å²) in [7, 11) is 0. The number of hydrogen-bond acceptors (Lipinski definition) is 3. The molecule has 2 fully saturated rings. The minimum atomic E-state index is -4.32. The van der Waals surface area contributed by atoms with Crippen LogP contribution in [0.3, 0.4) is 0 Å². The lowest BCUT2D eigenvalue weighted by molar-refractivity contribution is -0.137. The van der Waals surface area contributed by atoms with E-state index in [2.05, 4.69) is 21.3 Å². The molecule has 1 aromatic carbocycles. The molecule has 0 unspecified atom stereocenters. The number of halogens is 3. The summed E-state index contributed by atoms with van der Waals surface area (Å²) < 4.78 is 39.0. The molecule has 3 nitrogen and oxygen atoms in total. The molecule has 0 amide bonds. The van der Waals surface area contributed by atoms with E-state index in [1.807, 2.05) is 26.2 Å². The van der Waals surface area contributed by atoms with Crippen LogP contribution in [0.4, 0.5) is 24.5 Å². The Morgan fingerprint density at radius 3 is 2.17 bits per heavy atom. The van der Waals surface area contributed by atoms with Crippen LogP contribution in [0.1, 0.15) is 63.0 Å². The first-order valence-corrected chi connectivity index (χ1v) is 10.6. The Morgan fingerprint density at radius 2 is 1.62 bits per heavy atom. The fourth-order valence-corrected chi connectivity index (χ4v) is 4.09. The van der Waals surface area contributed by atoms with Crippen molar-refractivity contribution in [3.05, 3.63) is 53.9 Å². The average molecular weight is 406 g/mol. The van der Waals surface area contributed by atoms with Gasteiger partial charge in [-0.3, -0.25) is 4.98 Å². The van der Waals surface area contributed by atoms with E-state index >= 15 is 0 Å². The van der Waals surface area contributed by atoms with Gasteiger partial charge in [0, 0.05) is 17.9 Å². The van der Waals surface area contributed by atoms with Crippen molar-refractivity contribution in [3.63, 3.8) is 0 Å². The molecule has 2 aliphatic rings. The number of hydrogen-bond donors (Lipinski definition) is 1. The Labute approximate surface area is 171 Å². The lowest BCUT2D eigenvalue weighted by Gasteiger charge is -2.39. The Hall–Kier alpha value is -2.08. The van der Waals surface area contributed by atoms with Crippen LogP contribution < -0.4 is 10.2 Å². The third kappa shape index (κ3) is 4.92. The molecule has 1 N–H and O–H groups in total. The topological polar surface area (TPSA) is 28.2 Å². The zero-order valence-electron chi connectivity index (χ0n) is 17.2. The molecule has 1 aliphatic carbocycles. The van der Waals surface area contributed by atoms with E-state index < -0.39 is 11.7 Å². The highest BCUT2D eigenvalue weighted by Crippen LogP contribution is 2.43. The number of piperidine rings is 1. The van der Waals surface area contributed by atoms with Crippen molar-refractivity contribution in [3.8, 4) is 0 Å². The minimum Gasteiger partial charge on any atom is -0.337 e. The number of aromatic nitrogens is 1. The van der Waals surface area contributed by atoms with Gasteiger partial charge in [0.25, 0.3) is 0 Å². The molecule has 158 valence electrons. The second-order valence-corrected chi connectivity index (χ2v) is 7.46. The van der Waals surface area contributed by atoms with Crippen molar-refractivity contribution >= 4 is 11.4 Å². The zero-order valence-corrected chi connectivity index (χ0v) is 17.2. The number of nitrogens with zero attached hydrogens (tertiary/aromatic N) is 2. The van der Waals surface area contributed by atoms with Crippen LogP contribution in [0.15, 0.2) is 42.7 Å². The van der Waals surface area contributed by atoms with Gasteiger partial charge in [0.2, 0.25) is 0 Å². The SMILES string of the molecule is CC.FC(F)(F)c1ccc(N(c2cnccc2C2CCC2)C2CCNCC2)cc1. The quantitative estimate of drug-likeness (QED) is 0.648. The summed E-state index contributed by atoms with van der Waals surface area (Å²) >= 11 is 0. The number of anilines is 2. The molecule has 1 aliphatic heterocycles. The molecule has 2 aromatic rings. The molecule has 4 rings (SSSR count). The Bertz CT molecular complexity index is 764. The number of pyridine rings is 1. The van der Waals surface area contributed by atoms with Crippen molar-refractivity contribution in [1.29, 1.82) is 0 Å². The zero-order chi connectivity index (χ0) is 20.9. The van der Waals surface area contributed by atoms with Crippen molar-refractivity contribution in [2.45, 2.75) is 64.1 Å². The molecule has 29 heavy (non-hydrogen) atoms. The molecular formula is C23H30F3N3. The van der Waals surface area contributed by atoms with E-state index in [1.165, 1.54) is 37.0 Å². The van der Waals surface area contributed by atoms with Crippen molar-refractivity contribution in [2.24, 2.45) is 0 Å². The Balaban J connectivity index is 0.00000117. The van der Waals surface area contributed by atoms with Gasteiger partial charge in [-0.05, 0) is 80.6 Å². The lowest BCUT2D eigenvalue weighted by atomic mass is 9.79. The number of alkyl halides is 3. The maximum absolute atomic E-state index is 13.0. The first kappa shape index (κ1) is 21.6. The normalized spacial score (nSPS) is 17.8. The molecule has 1 saturated heterocycles. The third-order valence-corrected chi connectivity index (χ3v) is 5.78. The van der Waals surface area contributed by atoms with Crippen molar-refractivity contribution in [2.75, 3.05) is 18.0 Å². The summed E-state index contributed by atoms with van der Waals surface area (Å²) in [5.74, 6) is 0.529. The molecule has 0 atom stereocenters. The van der Waals surface area contributed by atoms with Crippen LogP contribution in [0.25, 0.3) is 0 Å². The predicted octanol–water partition coefficient (Wildman–Crippen LogP) is 6.28. The van der Waals surface area contributed by atoms with E-state index in [-0.39, 0.29) is 6.04 Å². The van der Waals surface area contributed by atoms with E-state index in [0.717, 1.165) is 37.3 Å². The van der Waals surface area contributed by atoms with Crippen molar-refractivity contribution in [1.82, 2.24) is 10.3 Å². The molecular weight excluding hydrogens is 375 g/mol. The molecule has 1 aromatic heterocycles. The summed E-state index contributed by atoms with van der Waals surface area (Å²) in [6.45, 7) is 5.83. The smallest absolute Gasteiger partial charge is 0.337 e. The fourth-order valence-electron chi connectivity index (χ4n) is 4.09. The second kappa shape index (κ2) is 9.61.